The van der Waals surface area contributed by atoms with Gasteiger partial charge >= 0.3 is 12.0 Å². The van der Waals surface area contributed by atoms with E-state index in [2.05, 4.69) is 25.9 Å². The Balaban J connectivity index is 1.60. The molecule has 3 amide bonds. The van der Waals surface area contributed by atoms with Crippen molar-refractivity contribution >= 4 is 28.8 Å². The maximum Gasteiger partial charge on any atom is 0.356 e. The van der Waals surface area contributed by atoms with Crippen LogP contribution in [0.3, 0.4) is 0 Å². The Labute approximate surface area is 222 Å². The molecule has 1 aliphatic carbocycles. The number of rotatable bonds is 10. The van der Waals surface area contributed by atoms with Gasteiger partial charge in [-0.2, -0.15) is 0 Å². The van der Waals surface area contributed by atoms with Crippen LogP contribution in [0.2, 0.25) is 0 Å². The molecule has 3 aromatic rings. The van der Waals surface area contributed by atoms with Gasteiger partial charge in [-0.05, 0) is 43.7 Å². The highest BCUT2D eigenvalue weighted by Crippen LogP contribution is 2.26. The van der Waals surface area contributed by atoms with Crippen molar-refractivity contribution in [3.63, 3.8) is 0 Å². The highest BCUT2D eigenvalue weighted by atomic mass is 16.4. The van der Waals surface area contributed by atoms with Gasteiger partial charge in [0.25, 0.3) is 0 Å². The van der Waals surface area contributed by atoms with E-state index >= 15 is 0 Å². The van der Waals surface area contributed by atoms with E-state index in [-0.39, 0.29) is 29.6 Å². The van der Waals surface area contributed by atoms with E-state index in [0.717, 1.165) is 42.1 Å². The number of para-hydroxylation sites is 1. The zero-order valence-electron chi connectivity index (χ0n) is 22.5. The number of nitrogens with zero attached hydrogens (tertiary/aromatic N) is 2. The number of carboxylic acids is 1. The van der Waals surface area contributed by atoms with Crippen molar-refractivity contribution in [2.75, 3.05) is 0 Å². The van der Waals surface area contributed by atoms with Gasteiger partial charge in [-0.1, -0.05) is 44.9 Å². The van der Waals surface area contributed by atoms with Gasteiger partial charge in [-0.3, -0.25) is 4.79 Å². The molecule has 1 fully saturated rings. The Kier molecular flexibility index (Phi) is 8.38. The second-order valence-electron chi connectivity index (χ2n) is 10.7. The van der Waals surface area contributed by atoms with Gasteiger partial charge in [0.2, 0.25) is 5.91 Å². The number of H-pyrrole nitrogens is 1. The number of carbonyl (C=O) groups is 3. The predicted octanol–water partition coefficient (Wildman–Crippen LogP) is 3.96. The Hall–Kier alpha value is -3.82. The first kappa shape index (κ1) is 27.2. The molecule has 2 atom stereocenters. The minimum absolute atomic E-state index is 0.0787. The number of fused-ring (bicyclic) bond motifs is 1. The fraction of sp³-hybridized carbons (Fsp3) is 0.500. The molecular formula is C28H38N6O4. The number of aromatic carboxylic acids is 1. The Morgan fingerprint density at radius 3 is 2.53 bits per heavy atom. The number of urea groups is 1. The zero-order chi connectivity index (χ0) is 27.4. The van der Waals surface area contributed by atoms with Crippen LogP contribution in [0, 0.1) is 12.8 Å². The van der Waals surface area contributed by atoms with Gasteiger partial charge in [-0.15, -0.1) is 0 Å². The van der Waals surface area contributed by atoms with Crippen LogP contribution >= 0.6 is 0 Å². The average Bonchev–Trinajstić information content (AvgIpc) is 3.58. The normalized spacial score (nSPS) is 15.5. The molecule has 0 bridgehead atoms. The zero-order valence-corrected chi connectivity index (χ0v) is 22.5. The van der Waals surface area contributed by atoms with Crippen molar-refractivity contribution in [3.05, 3.63) is 53.2 Å². The standard InChI is InChI=1S/C28H38N6O4/c1-16(2)13-22(32-28(38)30-19-9-5-6-10-19)26(35)31-21(25-29-17(3)24(33-25)27(36)37)14-18-15-34(4)23-12-8-7-11-20(18)23/h7-8,11-12,15-16,19,21-22H,5-6,9-10,13-14H2,1-4H3,(H,29,33)(H,31,35)(H,36,37)(H2,30,32,38)/t21-,22+/m1/s1. The molecule has 0 saturated heterocycles. The fourth-order valence-electron chi connectivity index (χ4n) is 5.31. The first-order valence-corrected chi connectivity index (χ1v) is 13.3. The minimum atomic E-state index is -1.14. The van der Waals surface area contributed by atoms with E-state index in [0.29, 0.717) is 24.4 Å². The van der Waals surface area contributed by atoms with Gasteiger partial charge in [-0.25, -0.2) is 14.6 Å². The molecule has 1 saturated carbocycles. The second kappa shape index (κ2) is 11.7. The van der Waals surface area contributed by atoms with Gasteiger partial charge in [0, 0.05) is 42.3 Å². The summed E-state index contributed by atoms with van der Waals surface area (Å²) in [7, 11) is 1.96. The number of amides is 3. The molecular weight excluding hydrogens is 484 g/mol. The molecule has 0 radical (unpaired) electrons. The Bertz CT molecular complexity index is 1300. The van der Waals surface area contributed by atoms with E-state index in [1.54, 1.807) is 6.92 Å². The van der Waals surface area contributed by atoms with Crippen LogP contribution in [0.1, 0.15) is 79.6 Å². The third-order valence-corrected chi connectivity index (χ3v) is 7.17. The summed E-state index contributed by atoms with van der Waals surface area (Å²) in [4.78, 5) is 45.4. The topological polar surface area (TPSA) is 141 Å². The molecule has 0 aliphatic heterocycles. The van der Waals surface area contributed by atoms with E-state index in [4.69, 9.17) is 0 Å². The molecule has 5 N–H and O–H groups in total. The maximum atomic E-state index is 13.6. The van der Waals surface area contributed by atoms with Crippen molar-refractivity contribution < 1.29 is 19.5 Å². The number of carboxylic acid groups (broad SMARTS) is 1. The quantitative estimate of drug-likeness (QED) is 0.274. The Morgan fingerprint density at radius 1 is 1.16 bits per heavy atom. The molecule has 0 unspecified atom stereocenters. The van der Waals surface area contributed by atoms with Crippen molar-refractivity contribution in [1.29, 1.82) is 0 Å². The van der Waals surface area contributed by atoms with Crippen LogP contribution in [0.15, 0.2) is 30.5 Å². The Morgan fingerprint density at radius 2 is 1.87 bits per heavy atom. The largest absolute Gasteiger partial charge is 0.476 e. The van der Waals surface area contributed by atoms with Crippen molar-refractivity contribution in [2.24, 2.45) is 13.0 Å². The highest BCUT2D eigenvalue weighted by molar-refractivity contribution is 5.88. The molecule has 4 rings (SSSR count). The van der Waals surface area contributed by atoms with Crippen LogP contribution in [-0.4, -0.2) is 49.6 Å². The van der Waals surface area contributed by atoms with Crippen molar-refractivity contribution in [2.45, 2.75) is 77.4 Å². The first-order chi connectivity index (χ1) is 18.1. The molecule has 1 aliphatic rings. The number of carbonyl (C=O) groups excluding carboxylic acids is 2. The number of nitrogens with one attached hydrogen (secondary N) is 4. The smallest absolute Gasteiger partial charge is 0.356 e. The average molecular weight is 523 g/mol. The van der Waals surface area contributed by atoms with Gasteiger partial charge < -0.3 is 30.6 Å². The van der Waals surface area contributed by atoms with Gasteiger partial charge in [0.15, 0.2) is 5.69 Å². The number of aromatic amines is 1. The monoisotopic (exact) mass is 522 g/mol. The summed E-state index contributed by atoms with van der Waals surface area (Å²) in [5.74, 6) is -0.946. The summed E-state index contributed by atoms with van der Waals surface area (Å²) >= 11 is 0. The molecule has 1 aromatic carbocycles. The van der Waals surface area contributed by atoms with Gasteiger partial charge in [0.1, 0.15) is 11.9 Å². The van der Waals surface area contributed by atoms with Crippen LogP contribution < -0.4 is 16.0 Å². The summed E-state index contributed by atoms with van der Waals surface area (Å²) in [6.07, 6.45) is 6.95. The summed E-state index contributed by atoms with van der Waals surface area (Å²) in [6, 6.07) is 6.40. The van der Waals surface area contributed by atoms with Crippen LogP contribution in [-0.2, 0) is 18.3 Å². The molecule has 10 nitrogen and oxygen atoms in total. The van der Waals surface area contributed by atoms with Crippen molar-refractivity contribution in [3.8, 4) is 0 Å². The van der Waals surface area contributed by atoms with Crippen LogP contribution in [0.25, 0.3) is 10.9 Å². The van der Waals surface area contributed by atoms with E-state index in [1.165, 1.54) is 0 Å². The van der Waals surface area contributed by atoms with Crippen LogP contribution in [0.4, 0.5) is 4.79 Å². The molecule has 10 heteroatoms. The molecule has 38 heavy (non-hydrogen) atoms. The molecule has 0 spiro atoms. The SMILES string of the molecule is Cc1[nH]c([C@@H](Cc2cn(C)c3ccccc23)NC(=O)[C@H](CC(C)C)NC(=O)NC2CCCC2)nc1C(=O)O. The second-order valence-corrected chi connectivity index (χ2v) is 10.7. The van der Waals surface area contributed by atoms with E-state index < -0.39 is 18.1 Å². The summed E-state index contributed by atoms with van der Waals surface area (Å²) < 4.78 is 2.02. The lowest BCUT2D eigenvalue weighted by molar-refractivity contribution is -0.124. The lowest BCUT2D eigenvalue weighted by atomic mass is 10.0. The van der Waals surface area contributed by atoms with Crippen LogP contribution in [0.5, 0.6) is 0 Å². The summed E-state index contributed by atoms with van der Waals surface area (Å²) in [5, 5.41) is 19.5. The fourth-order valence-corrected chi connectivity index (χ4v) is 5.31. The minimum Gasteiger partial charge on any atom is -0.476 e. The lowest BCUT2D eigenvalue weighted by Crippen LogP contribution is -2.52. The third-order valence-electron chi connectivity index (χ3n) is 7.17. The number of aryl methyl sites for hydroxylation is 2. The van der Waals surface area contributed by atoms with Crippen molar-refractivity contribution in [1.82, 2.24) is 30.5 Å². The predicted molar refractivity (Wildman–Crippen MR) is 145 cm³/mol. The number of hydrogen-bond acceptors (Lipinski definition) is 4. The molecule has 204 valence electrons. The number of hydrogen-bond donors (Lipinski definition) is 5. The third kappa shape index (κ3) is 6.35. The summed E-state index contributed by atoms with van der Waals surface area (Å²) in [6.45, 7) is 5.64. The number of imidazole rings is 1. The lowest BCUT2D eigenvalue weighted by Gasteiger charge is -2.24. The number of benzene rings is 1. The van der Waals surface area contributed by atoms with E-state index in [9.17, 15) is 19.5 Å². The molecule has 2 heterocycles. The first-order valence-electron chi connectivity index (χ1n) is 13.3. The molecule has 2 aromatic heterocycles. The maximum absolute atomic E-state index is 13.6. The number of aromatic nitrogens is 3. The highest BCUT2D eigenvalue weighted by Gasteiger charge is 2.29. The summed E-state index contributed by atoms with van der Waals surface area (Å²) in [5.41, 5.74) is 2.38. The van der Waals surface area contributed by atoms with E-state index in [1.807, 2.05) is 55.9 Å². The van der Waals surface area contributed by atoms with Gasteiger partial charge in [0.05, 0.1) is 6.04 Å².